The van der Waals surface area contributed by atoms with Gasteiger partial charge in [0.1, 0.15) is 29.9 Å². The summed E-state index contributed by atoms with van der Waals surface area (Å²) in [5.41, 5.74) is 8.92. The molecule has 2 aliphatic heterocycles. The molecule has 34 heteroatoms. The Morgan fingerprint density at radius 3 is 1.60 bits per heavy atom. The maximum Gasteiger partial charge on any atom is 0.328 e. The molecule has 6 rings (SSSR count). The van der Waals surface area contributed by atoms with E-state index in [9.17, 15) is 83.1 Å². The number of carbonyl (C=O) groups is 12. The summed E-state index contributed by atoms with van der Waals surface area (Å²) >= 11 is 0. The number of aromatic amines is 1. The number of aromatic nitrogens is 1. The van der Waals surface area contributed by atoms with E-state index in [0.29, 0.717) is 95.2 Å². The number of carboxylic acid groups (broad SMARTS) is 4. The molecule has 0 saturated carbocycles. The monoisotopic (exact) mass is 1560 g/mol. The number of unbranched alkanes of at least 4 members (excludes halogenated alkanes) is 1. The average Bonchev–Trinajstić information content (AvgIpc) is 1.72. The van der Waals surface area contributed by atoms with Gasteiger partial charge in [0, 0.05) is 137 Å². The van der Waals surface area contributed by atoms with Crippen LogP contribution >= 0.6 is 21.6 Å². The van der Waals surface area contributed by atoms with E-state index >= 15 is 0 Å². The van der Waals surface area contributed by atoms with Crippen LogP contribution in [0.3, 0.4) is 0 Å². The van der Waals surface area contributed by atoms with Gasteiger partial charge < -0.3 is 78.4 Å². The number of phenolic OH excluding ortho intramolecular Hbond substituents is 1. The smallest absolute Gasteiger partial charge is 0.328 e. The number of aliphatic hydroxyl groups is 2. The second kappa shape index (κ2) is 48.2. The van der Waals surface area contributed by atoms with Crippen LogP contribution in [0.1, 0.15) is 90.3 Å². The molecule has 10 atom stereocenters. The van der Waals surface area contributed by atoms with E-state index in [0.717, 1.165) is 22.0 Å². The van der Waals surface area contributed by atoms with Crippen LogP contribution in [0.4, 0.5) is 0 Å². The number of ketones is 2. The van der Waals surface area contributed by atoms with Crippen molar-refractivity contribution in [2.45, 2.75) is 141 Å². The Hall–Kier alpha value is -8.02. The van der Waals surface area contributed by atoms with E-state index in [1.807, 2.05) is 66.4 Å². The Kier molecular flexibility index (Phi) is 41.9. The molecule has 31 nitrogen and oxygen atoms in total. The number of carboxylic acids is 4. The number of aliphatic hydroxyl groups excluding tert-OH is 2. The first-order chi connectivity index (χ1) is 49.3. The van der Waals surface area contributed by atoms with Gasteiger partial charge in [-0.15, -0.1) is 0 Å². The van der Waals surface area contributed by atoms with Crippen LogP contribution in [-0.4, -0.2) is 276 Å². The van der Waals surface area contributed by atoms with Gasteiger partial charge in [0.15, 0.2) is 17.6 Å². The number of fused-ring (bicyclic) bond motifs is 1. The molecule has 6 unspecified atom stereocenters. The molecule has 4 aromatic rings. The summed E-state index contributed by atoms with van der Waals surface area (Å²) in [6, 6.07) is 16.8. The van der Waals surface area contributed by atoms with Gasteiger partial charge in [-0.25, -0.2) is 4.79 Å². The van der Waals surface area contributed by atoms with E-state index in [4.69, 9.17) is 15.9 Å². The number of aliphatic carboxylic acids is 4. The third kappa shape index (κ3) is 34.8. The standard InChI is InChI=1S/C38H52N6O7S2.C27H41N5O8.C6H11NO4.Cu/c1-22-16-33(47)34(24(3)45)44-36(49)30(10-6-7-15-39)41-38(51)32(18-26-19-40-29-9-5-4-8-28(26)29)43-37(50)31(17-25-11-13-27(46)14-12-25)42-35(48)23(2)21-53-52-20-22;1-2-23(33)22(16-21-6-4-3-5-7-21)28-24(34)17-29-8-10-30(18-25(35)36)12-14-32(20-27(39)40)15-13-31(11-9-29)19-26(37)38;1-3(8)5(6(10)11)7-4(2)9;/h4-5,8-9,11-14,19,22-24,30-32,34,40,45-46H,6-7,10,15-18,20-21,39H2,1-3H3,(H,41,51)(H,42,48)(H,43,50)(H,44,49);3-7,22H,2,8-20H2,1H3,(H,28,34)(H,35,36)(H,37,38)(H,39,40);3,5,8H,1-2H3,(H,7,9)(H,10,11);/t22?,23?,24-,30+,31+,32?,34?;;3-,5?;/m1.1./s1/i;;;1+0. The van der Waals surface area contributed by atoms with Crippen LogP contribution in [0, 0.1) is 11.8 Å². The number of nitrogens with zero attached hydrogens (tertiary/aromatic N) is 4. The topological polar surface area (TPSA) is 473 Å². The number of Topliss-reactive ketones (excluding diaryl/α,β-unsaturated/α-hetero) is 2. The molecule has 585 valence electrons. The molecule has 1 radical (unpaired) electrons. The van der Waals surface area contributed by atoms with Crippen molar-refractivity contribution >= 4 is 103 Å². The van der Waals surface area contributed by atoms with Crippen molar-refractivity contribution < 1.29 is 110 Å². The first-order valence-corrected chi connectivity index (χ1v) is 37.1. The first-order valence-electron chi connectivity index (χ1n) is 34.6. The maximum atomic E-state index is 14.3. The average molecular weight is 1560 g/mol. The SMILES string of the molecule is CC(=O)NC(C(=O)O)[C@@H](C)O.CC1CSSCC(C)C(=O)N[C@@H](Cc2ccc(O)cc2)C(=O)NC(Cc2c[nH]c3ccccc23)C(=O)N[C@@H](CCCCN)C(=O)NC([C@@H](C)O)C(=O)C1.CCC(=O)C(Cc1ccccc1)NC(=O)CN1CCN(CC(=O)O)CCN(CC(=O)O)CCN(CC(=O)O)CC1.[64Cu]. The molecule has 3 aromatic carbocycles. The Labute approximate surface area is 629 Å². The third-order valence-corrected chi connectivity index (χ3v) is 19.9. The van der Waals surface area contributed by atoms with Crippen LogP contribution < -0.4 is 37.6 Å². The van der Waals surface area contributed by atoms with Crippen molar-refractivity contribution in [3.05, 3.63) is 102 Å². The number of rotatable bonds is 25. The van der Waals surface area contributed by atoms with Crippen LogP contribution in [0.5, 0.6) is 5.75 Å². The number of amides is 6. The van der Waals surface area contributed by atoms with Gasteiger partial charge in [0.05, 0.1) is 44.4 Å². The van der Waals surface area contributed by atoms with E-state index in [-0.39, 0.29) is 110 Å². The number of aromatic hydroxyl groups is 1. The molecular weight excluding hydrogens is 1450 g/mol. The summed E-state index contributed by atoms with van der Waals surface area (Å²) < 4.78 is 0. The third-order valence-electron chi connectivity index (χ3n) is 17.0. The Bertz CT molecular complexity index is 3420. The minimum Gasteiger partial charge on any atom is -0.508 e. The second-order valence-electron chi connectivity index (χ2n) is 26.0. The summed E-state index contributed by atoms with van der Waals surface area (Å²) in [6.07, 6.45) is 1.66. The predicted octanol–water partition coefficient (Wildman–Crippen LogP) is 0.856. The van der Waals surface area contributed by atoms with E-state index in [2.05, 4.69) is 36.9 Å². The van der Waals surface area contributed by atoms with Gasteiger partial charge in [0.25, 0.3) is 0 Å². The quantitative estimate of drug-likeness (QED) is 0.0248. The summed E-state index contributed by atoms with van der Waals surface area (Å²) in [5.74, 6) is -7.24. The molecule has 1 aromatic heterocycles. The minimum atomic E-state index is -1.24. The number of H-pyrrole nitrogens is 1. The number of nitrogens with one attached hydrogen (secondary N) is 7. The molecule has 2 aliphatic rings. The van der Waals surface area contributed by atoms with E-state index in [1.165, 1.54) is 54.5 Å². The van der Waals surface area contributed by atoms with Crippen molar-refractivity contribution in [1.29, 1.82) is 0 Å². The van der Waals surface area contributed by atoms with Crippen LogP contribution in [0.25, 0.3) is 10.9 Å². The zero-order valence-corrected chi connectivity index (χ0v) is 62.7. The molecule has 0 spiro atoms. The summed E-state index contributed by atoms with van der Waals surface area (Å²) in [7, 11) is 3.00. The first kappa shape index (κ1) is 91.2. The Morgan fingerprint density at radius 2 is 1.10 bits per heavy atom. The number of phenols is 1. The zero-order chi connectivity index (χ0) is 77.0. The summed E-state index contributed by atoms with van der Waals surface area (Å²) in [4.78, 5) is 160. The van der Waals surface area contributed by atoms with E-state index in [1.54, 1.807) is 46.9 Å². The number of hydrogen-bond acceptors (Lipinski definition) is 22. The van der Waals surface area contributed by atoms with Crippen molar-refractivity contribution in [2.24, 2.45) is 17.6 Å². The number of carbonyl (C=O) groups excluding carboxylic acids is 8. The maximum absolute atomic E-state index is 14.3. The van der Waals surface area contributed by atoms with Crippen LogP contribution in [0.15, 0.2) is 85.1 Å². The molecule has 105 heavy (non-hydrogen) atoms. The van der Waals surface area contributed by atoms with Gasteiger partial charge in [-0.2, -0.15) is 0 Å². The molecule has 16 N–H and O–H groups in total. The summed E-state index contributed by atoms with van der Waals surface area (Å²) in [5, 5.41) is 82.7. The van der Waals surface area contributed by atoms with Crippen molar-refractivity contribution in [3.8, 4) is 5.75 Å². The fraction of sp³-hybridized carbons (Fsp3) is 0.549. The molecule has 2 saturated heterocycles. The number of nitrogens with two attached hydrogens (primary N) is 1. The second-order valence-corrected chi connectivity index (χ2v) is 28.6. The predicted molar refractivity (Wildman–Crippen MR) is 392 cm³/mol. The van der Waals surface area contributed by atoms with Crippen molar-refractivity contribution in [3.63, 3.8) is 0 Å². The number of hydrogen-bond donors (Lipinski definition) is 15. The van der Waals surface area contributed by atoms with Crippen LogP contribution in [0.2, 0.25) is 0 Å². The molecule has 0 aliphatic carbocycles. The molecule has 3 heterocycles. The van der Waals surface area contributed by atoms with Gasteiger partial charge in [0.2, 0.25) is 35.4 Å². The van der Waals surface area contributed by atoms with Gasteiger partial charge in [-0.3, -0.25) is 72.3 Å². The summed E-state index contributed by atoms with van der Waals surface area (Å²) in [6.45, 7) is 11.4. The van der Waals surface area contributed by atoms with Gasteiger partial charge in [-0.1, -0.05) is 103 Å². The molecule has 6 amide bonds. The normalized spacial score (nSPS) is 21.1. The number of para-hydroxylation sites is 1. The Morgan fingerprint density at radius 1 is 0.610 bits per heavy atom. The largest absolute Gasteiger partial charge is 0.508 e. The van der Waals surface area contributed by atoms with Crippen molar-refractivity contribution in [1.82, 2.24) is 56.5 Å². The molecule has 0 bridgehead atoms. The minimum absolute atomic E-state index is 0. The zero-order valence-electron chi connectivity index (χ0n) is 60.1. The van der Waals surface area contributed by atoms with Gasteiger partial charge in [-0.05, 0) is 86.9 Å². The van der Waals surface area contributed by atoms with E-state index < -0.39 is 102 Å². The number of benzene rings is 3. The van der Waals surface area contributed by atoms with Crippen molar-refractivity contribution in [2.75, 3.05) is 96.6 Å². The molecular formula is C71H104CuN12O19S2. The van der Waals surface area contributed by atoms with Gasteiger partial charge >= 0.3 is 23.9 Å². The fourth-order valence-electron chi connectivity index (χ4n) is 11.2. The Balaban J connectivity index is 0.000000485. The molecule has 2 fully saturated rings. The van der Waals surface area contributed by atoms with Crippen LogP contribution in [-0.2, 0) is 93.9 Å². The fourth-order valence-corrected chi connectivity index (χ4v) is 14.0.